The van der Waals surface area contributed by atoms with Gasteiger partial charge in [-0.2, -0.15) is 0 Å². The van der Waals surface area contributed by atoms with Gasteiger partial charge in [0.2, 0.25) is 0 Å². The first-order valence-electron chi connectivity index (χ1n) is 10.7. The fraction of sp³-hybridized carbons (Fsp3) is 0.346. The second-order valence-electron chi connectivity index (χ2n) is 7.81. The van der Waals surface area contributed by atoms with Gasteiger partial charge in [0.1, 0.15) is 11.6 Å². The molecule has 0 saturated carbocycles. The van der Waals surface area contributed by atoms with Crippen LogP contribution < -0.4 is 10.1 Å². The predicted octanol–water partition coefficient (Wildman–Crippen LogP) is 7.62. The molecule has 0 amide bonds. The van der Waals surface area contributed by atoms with Gasteiger partial charge in [0, 0.05) is 16.4 Å². The minimum Gasteiger partial charge on any atom is -0.496 e. The molecule has 0 aliphatic heterocycles. The number of thiazole rings is 1. The number of nitrogens with one attached hydrogen (secondary N) is 1. The highest BCUT2D eigenvalue weighted by atomic mass is 35.5. The summed E-state index contributed by atoms with van der Waals surface area (Å²) in [7, 11) is 1.63. The first-order chi connectivity index (χ1) is 15.4. The molecule has 3 aromatic rings. The van der Waals surface area contributed by atoms with E-state index in [1.54, 1.807) is 18.4 Å². The van der Waals surface area contributed by atoms with E-state index in [0.29, 0.717) is 5.02 Å². The fourth-order valence-electron chi connectivity index (χ4n) is 3.82. The van der Waals surface area contributed by atoms with Crippen LogP contribution in [-0.2, 0) is 0 Å². The molecule has 2 aromatic carbocycles. The quantitative estimate of drug-likeness (QED) is 0.326. The monoisotopic (exact) mass is 470 g/mol. The first-order valence-corrected chi connectivity index (χ1v) is 11.9. The molecule has 3 rings (SSSR count). The van der Waals surface area contributed by atoms with Crippen LogP contribution in [0.4, 0.5) is 9.52 Å². The summed E-state index contributed by atoms with van der Waals surface area (Å²) in [6.07, 6.45) is 8.95. The molecule has 168 valence electrons. The minimum absolute atomic E-state index is 0.0556. The van der Waals surface area contributed by atoms with Crippen LogP contribution in [0.5, 0.6) is 5.75 Å². The number of anilines is 1. The molecule has 32 heavy (non-hydrogen) atoms. The van der Waals surface area contributed by atoms with Crippen molar-refractivity contribution >= 4 is 28.1 Å². The topological polar surface area (TPSA) is 34.2 Å². The molecule has 0 bridgehead atoms. The van der Waals surface area contributed by atoms with E-state index in [4.69, 9.17) is 27.7 Å². The van der Waals surface area contributed by atoms with Gasteiger partial charge in [-0.3, -0.25) is 0 Å². The van der Waals surface area contributed by atoms with E-state index in [1.165, 1.54) is 12.1 Å². The smallest absolute Gasteiger partial charge is 0.184 e. The molecule has 1 aromatic heterocycles. The Hall–Kier alpha value is -2.55. The highest BCUT2D eigenvalue weighted by molar-refractivity contribution is 7.16. The second kappa shape index (κ2) is 10.8. The Morgan fingerprint density at radius 1 is 1.25 bits per heavy atom. The van der Waals surface area contributed by atoms with Gasteiger partial charge in [0.05, 0.1) is 23.9 Å². The zero-order chi connectivity index (χ0) is 23.3. The van der Waals surface area contributed by atoms with Crippen molar-refractivity contribution in [1.82, 2.24) is 4.98 Å². The van der Waals surface area contributed by atoms with E-state index in [0.717, 1.165) is 57.4 Å². The van der Waals surface area contributed by atoms with Crippen molar-refractivity contribution in [2.24, 2.45) is 0 Å². The lowest BCUT2D eigenvalue weighted by molar-refractivity contribution is 0.412. The van der Waals surface area contributed by atoms with E-state index >= 15 is 0 Å². The summed E-state index contributed by atoms with van der Waals surface area (Å²) in [5, 5.41) is 4.78. The van der Waals surface area contributed by atoms with Crippen LogP contribution in [0, 0.1) is 32.0 Å². The third kappa shape index (κ3) is 5.43. The van der Waals surface area contributed by atoms with Gasteiger partial charge in [0.15, 0.2) is 5.13 Å². The molecule has 0 aliphatic rings. The summed E-state index contributed by atoms with van der Waals surface area (Å²) in [6, 6.07) is 10.2. The lowest BCUT2D eigenvalue weighted by Gasteiger charge is -2.24. The molecular formula is C26H28ClFN2OS. The molecule has 0 radical (unpaired) electrons. The van der Waals surface area contributed by atoms with Crippen molar-refractivity contribution in [3.63, 3.8) is 0 Å². The van der Waals surface area contributed by atoms with Gasteiger partial charge in [-0.1, -0.05) is 49.4 Å². The van der Waals surface area contributed by atoms with E-state index in [2.05, 4.69) is 18.2 Å². The number of hydrogen-bond acceptors (Lipinski definition) is 4. The normalized spacial score (nSPS) is 12.8. The van der Waals surface area contributed by atoms with Gasteiger partial charge in [-0.25, -0.2) is 9.37 Å². The average molecular weight is 471 g/mol. The number of methoxy groups -OCH3 is 1. The summed E-state index contributed by atoms with van der Waals surface area (Å²) in [5.41, 5.74) is 3.71. The maximum Gasteiger partial charge on any atom is 0.184 e. The lowest BCUT2D eigenvalue weighted by Crippen LogP contribution is -2.26. The Bertz CT molecular complexity index is 1100. The number of hydrogen-bond donors (Lipinski definition) is 1. The van der Waals surface area contributed by atoms with Crippen molar-refractivity contribution < 1.29 is 9.13 Å². The number of halogens is 2. The maximum absolute atomic E-state index is 13.5. The van der Waals surface area contributed by atoms with E-state index in [1.807, 2.05) is 38.1 Å². The lowest BCUT2D eigenvalue weighted by atomic mass is 9.87. The van der Waals surface area contributed by atoms with Gasteiger partial charge in [-0.15, -0.1) is 17.8 Å². The molecule has 1 heterocycles. The zero-order valence-electron chi connectivity index (χ0n) is 18.8. The number of aromatic nitrogens is 1. The number of benzene rings is 2. The van der Waals surface area contributed by atoms with Crippen LogP contribution in [0.1, 0.15) is 48.1 Å². The fourth-order valence-corrected chi connectivity index (χ4v) is 4.93. The van der Waals surface area contributed by atoms with Gasteiger partial charge >= 0.3 is 0 Å². The highest BCUT2D eigenvalue weighted by Gasteiger charge is 2.23. The van der Waals surface area contributed by atoms with Crippen LogP contribution in [-0.4, -0.2) is 18.1 Å². The van der Waals surface area contributed by atoms with Crippen molar-refractivity contribution in [2.45, 2.75) is 52.0 Å². The molecule has 6 heteroatoms. The van der Waals surface area contributed by atoms with Gasteiger partial charge in [0.25, 0.3) is 0 Å². The largest absolute Gasteiger partial charge is 0.496 e. The van der Waals surface area contributed by atoms with Gasteiger partial charge in [-0.05, 0) is 55.7 Å². The highest BCUT2D eigenvalue weighted by Crippen LogP contribution is 2.38. The number of nitrogens with zero attached hydrogens (tertiary/aromatic N) is 1. The van der Waals surface area contributed by atoms with Crippen LogP contribution in [0.25, 0.3) is 11.3 Å². The van der Waals surface area contributed by atoms with Crippen LogP contribution in [0.2, 0.25) is 5.02 Å². The molecule has 0 fully saturated rings. The number of aryl methyl sites for hydroxylation is 2. The Balaban J connectivity index is 1.90. The third-order valence-electron chi connectivity index (χ3n) is 5.56. The zero-order valence-corrected chi connectivity index (χ0v) is 20.4. The van der Waals surface area contributed by atoms with Gasteiger partial charge < -0.3 is 10.1 Å². The van der Waals surface area contributed by atoms with Crippen molar-refractivity contribution in [1.29, 1.82) is 0 Å². The number of ether oxygens (including phenoxy) is 1. The standard InChI is InChI=1S/C26H28ClFN2OS/c1-6-8-9-20(18-10-12-19(28)13-11-18)23(7-2)29-26-30-25(17(4)32-26)21-14-16(3)24(31-5)15-22(21)27/h2,10-15,20,23H,6,8-9H2,1,3-5H3,(H,29,30). The molecule has 0 aliphatic carbocycles. The minimum atomic E-state index is -0.265. The third-order valence-corrected chi connectivity index (χ3v) is 6.78. The Morgan fingerprint density at radius 3 is 2.59 bits per heavy atom. The van der Waals surface area contributed by atoms with Crippen molar-refractivity contribution in [2.75, 3.05) is 12.4 Å². The second-order valence-corrected chi connectivity index (χ2v) is 9.42. The van der Waals surface area contributed by atoms with Crippen molar-refractivity contribution in [3.8, 4) is 29.4 Å². The molecule has 3 nitrogen and oxygen atoms in total. The number of rotatable bonds is 9. The Kier molecular flexibility index (Phi) is 8.17. The first kappa shape index (κ1) is 24.1. The summed E-state index contributed by atoms with van der Waals surface area (Å²) in [6.45, 7) is 6.15. The maximum atomic E-state index is 13.5. The van der Waals surface area contributed by atoms with Crippen molar-refractivity contribution in [3.05, 3.63) is 63.2 Å². The predicted molar refractivity (Wildman–Crippen MR) is 133 cm³/mol. The Labute approximate surface area is 199 Å². The Morgan fingerprint density at radius 2 is 1.97 bits per heavy atom. The number of unbranched alkanes of at least 4 members (excludes halogenated alkanes) is 1. The summed E-state index contributed by atoms with van der Waals surface area (Å²) in [5.74, 6) is 3.45. The van der Waals surface area contributed by atoms with E-state index in [9.17, 15) is 4.39 Å². The summed E-state index contributed by atoms with van der Waals surface area (Å²) < 4.78 is 18.8. The van der Waals surface area contributed by atoms with Crippen LogP contribution in [0.15, 0.2) is 36.4 Å². The molecule has 0 saturated heterocycles. The average Bonchev–Trinajstić information content (AvgIpc) is 3.15. The molecule has 2 atom stereocenters. The molecular weight excluding hydrogens is 443 g/mol. The molecule has 1 N–H and O–H groups in total. The molecule has 0 spiro atoms. The molecule has 2 unspecified atom stereocenters. The summed E-state index contributed by atoms with van der Waals surface area (Å²) in [4.78, 5) is 5.87. The summed E-state index contributed by atoms with van der Waals surface area (Å²) >= 11 is 8.08. The SMILES string of the molecule is C#CC(Nc1nc(-c2cc(C)c(OC)cc2Cl)c(C)s1)C(CCCC)c1ccc(F)cc1. The van der Waals surface area contributed by atoms with Crippen LogP contribution >= 0.6 is 22.9 Å². The van der Waals surface area contributed by atoms with E-state index in [-0.39, 0.29) is 17.8 Å². The van der Waals surface area contributed by atoms with Crippen LogP contribution in [0.3, 0.4) is 0 Å². The number of terminal acetylenes is 1. The van der Waals surface area contributed by atoms with E-state index < -0.39 is 0 Å².